The first-order chi connectivity index (χ1) is 10.8. The van der Waals surface area contributed by atoms with Crippen LogP contribution in [0.15, 0.2) is 16.5 Å². The molecule has 0 aromatic carbocycles. The van der Waals surface area contributed by atoms with Crippen molar-refractivity contribution in [2.45, 2.75) is 43.6 Å². The number of thiazole rings is 1. The summed E-state index contributed by atoms with van der Waals surface area (Å²) in [6, 6.07) is 2.55. The van der Waals surface area contributed by atoms with Crippen LogP contribution in [0.2, 0.25) is 0 Å². The van der Waals surface area contributed by atoms with Gasteiger partial charge in [0.25, 0.3) is 0 Å². The highest BCUT2D eigenvalue weighted by Gasteiger charge is 2.35. The average molecular weight is 357 g/mol. The van der Waals surface area contributed by atoms with E-state index in [1.165, 1.54) is 18.3 Å². The molecular weight excluding hydrogens is 343 g/mol. The maximum absolute atomic E-state index is 13.0. The molecule has 3 nitrogen and oxygen atoms in total. The Kier molecular flexibility index (Phi) is 5.65. The molecule has 2 rings (SSSR count). The molecule has 2 aromatic rings. The fourth-order valence-corrected chi connectivity index (χ4v) is 3.91. The van der Waals surface area contributed by atoms with E-state index in [4.69, 9.17) is 5.26 Å². The van der Waals surface area contributed by atoms with Crippen molar-refractivity contribution in [2.75, 3.05) is 0 Å². The van der Waals surface area contributed by atoms with Crippen LogP contribution in [0.4, 0.5) is 13.2 Å². The molecule has 0 atom stereocenters. The van der Waals surface area contributed by atoms with E-state index in [1.807, 2.05) is 5.38 Å². The van der Waals surface area contributed by atoms with E-state index < -0.39 is 17.3 Å². The van der Waals surface area contributed by atoms with Gasteiger partial charge in [-0.3, -0.25) is 0 Å². The molecule has 23 heavy (non-hydrogen) atoms. The molecular formula is C15H14F3N3S2. The van der Waals surface area contributed by atoms with Crippen molar-refractivity contribution in [3.8, 4) is 6.07 Å². The van der Waals surface area contributed by atoms with Gasteiger partial charge in [-0.15, -0.1) is 11.3 Å². The number of rotatable bonds is 5. The Morgan fingerprint density at radius 1 is 1.35 bits per heavy atom. The SMILES string of the molecule is CCCc1nc(CSc2nc(C)cc(C(F)(F)F)c2C#N)cs1. The Labute approximate surface area is 140 Å². The molecule has 8 heteroatoms. The zero-order valence-electron chi connectivity index (χ0n) is 12.6. The highest BCUT2D eigenvalue weighted by Crippen LogP contribution is 2.36. The Morgan fingerprint density at radius 3 is 2.70 bits per heavy atom. The van der Waals surface area contributed by atoms with Crippen LogP contribution in [0.5, 0.6) is 0 Å². The van der Waals surface area contributed by atoms with E-state index in [0.29, 0.717) is 5.75 Å². The molecule has 0 unspecified atom stereocenters. The van der Waals surface area contributed by atoms with Crippen LogP contribution in [-0.4, -0.2) is 9.97 Å². The summed E-state index contributed by atoms with van der Waals surface area (Å²) in [5.41, 5.74) is -0.315. The molecule has 0 fully saturated rings. The molecule has 0 amide bonds. The molecule has 0 aliphatic rings. The lowest BCUT2D eigenvalue weighted by Crippen LogP contribution is -2.10. The number of halogens is 3. The van der Waals surface area contributed by atoms with Crippen LogP contribution in [0, 0.1) is 18.3 Å². The zero-order valence-corrected chi connectivity index (χ0v) is 14.2. The highest BCUT2D eigenvalue weighted by molar-refractivity contribution is 7.98. The van der Waals surface area contributed by atoms with E-state index in [-0.39, 0.29) is 10.7 Å². The predicted molar refractivity (Wildman–Crippen MR) is 84.4 cm³/mol. The van der Waals surface area contributed by atoms with Crippen LogP contribution in [-0.2, 0) is 18.3 Å². The van der Waals surface area contributed by atoms with Crippen molar-refractivity contribution in [3.05, 3.63) is 39.0 Å². The van der Waals surface area contributed by atoms with Gasteiger partial charge < -0.3 is 0 Å². The van der Waals surface area contributed by atoms with Gasteiger partial charge in [-0.2, -0.15) is 18.4 Å². The smallest absolute Gasteiger partial charge is 0.245 e. The maximum atomic E-state index is 13.0. The summed E-state index contributed by atoms with van der Waals surface area (Å²) in [6.45, 7) is 3.55. The standard InChI is InChI=1S/C15H14F3N3S2/c1-3-4-13-21-10(7-22-13)8-23-14-11(6-19)12(15(16,17)18)5-9(2)20-14/h5,7H,3-4,8H2,1-2H3. The van der Waals surface area contributed by atoms with E-state index in [0.717, 1.165) is 41.4 Å². The number of hydrogen-bond donors (Lipinski definition) is 0. The monoisotopic (exact) mass is 357 g/mol. The molecule has 0 spiro atoms. The largest absolute Gasteiger partial charge is 0.417 e. The second-order valence-corrected chi connectivity index (χ2v) is 6.78. The number of alkyl halides is 3. The molecule has 0 N–H and O–H groups in total. The molecule has 0 aliphatic carbocycles. The predicted octanol–water partition coefficient (Wildman–Crippen LogP) is 4.98. The molecule has 2 heterocycles. The van der Waals surface area contributed by atoms with E-state index in [2.05, 4.69) is 16.9 Å². The van der Waals surface area contributed by atoms with Gasteiger partial charge in [-0.25, -0.2) is 9.97 Å². The Morgan fingerprint density at radius 2 is 2.09 bits per heavy atom. The summed E-state index contributed by atoms with van der Waals surface area (Å²) in [5, 5.41) is 12.1. The topological polar surface area (TPSA) is 49.6 Å². The van der Waals surface area contributed by atoms with Crippen molar-refractivity contribution in [1.29, 1.82) is 5.26 Å². The maximum Gasteiger partial charge on any atom is 0.417 e. The lowest BCUT2D eigenvalue weighted by atomic mass is 10.1. The summed E-state index contributed by atoms with van der Waals surface area (Å²) in [5.74, 6) is 0.392. The Hall–Kier alpha value is -1.59. The first kappa shape index (κ1) is 17.8. The van der Waals surface area contributed by atoms with E-state index in [1.54, 1.807) is 6.07 Å². The summed E-state index contributed by atoms with van der Waals surface area (Å²) in [6.07, 6.45) is -2.68. The van der Waals surface area contributed by atoms with Gasteiger partial charge in [-0.05, 0) is 25.8 Å². The first-order valence-electron chi connectivity index (χ1n) is 6.90. The first-order valence-corrected chi connectivity index (χ1v) is 8.76. The van der Waals surface area contributed by atoms with Gasteiger partial charge in [0.15, 0.2) is 0 Å². The van der Waals surface area contributed by atoms with Crippen molar-refractivity contribution >= 4 is 23.1 Å². The van der Waals surface area contributed by atoms with Crippen LogP contribution < -0.4 is 0 Å². The van der Waals surface area contributed by atoms with Gasteiger partial charge in [0, 0.05) is 16.8 Å². The number of aromatic nitrogens is 2. The molecule has 0 aliphatic heterocycles. The number of nitriles is 1. The quantitative estimate of drug-likeness (QED) is 0.708. The zero-order chi connectivity index (χ0) is 17.0. The lowest BCUT2D eigenvalue weighted by Gasteiger charge is -2.12. The normalized spacial score (nSPS) is 11.5. The number of hydrogen-bond acceptors (Lipinski definition) is 5. The van der Waals surface area contributed by atoms with Crippen molar-refractivity contribution < 1.29 is 13.2 Å². The summed E-state index contributed by atoms with van der Waals surface area (Å²) >= 11 is 2.65. The third-order valence-electron chi connectivity index (χ3n) is 2.95. The second kappa shape index (κ2) is 7.32. The molecule has 122 valence electrons. The van der Waals surface area contributed by atoms with Gasteiger partial charge in [0.2, 0.25) is 0 Å². The van der Waals surface area contributed by atoms with E-state index in [9.17, 15) is 13.2 Å². The fourth-order valence-electron chi connectivity index (χ4n) is 1.97. The minimum absolute atomic E-state index is 0.102. The van der Waals surface area contributed by atoms with E-state index >= 15 is 0 Å². The van der Waals surface area contributed by atoms with Gasteiger partial charge in [-0.1, -0.05) is 18.7 Å². The van der Waals surface area contributed by atoms with Crippen LogP contribution in [0.3, 0.4) is 0 Å². The third-order valence-corrected chi connectivity index (χ3v) is 4.92. The fraction of sp³-hybridized carbons (Fsp3) is 0.400. The minimum Gasteiger partial charge on any atom is -0.245 e. The number of pyridine rings is 1. The van der Waals surface area contributed by atoms with Crippen LogP contribution >= 0.6 is 23.1 Å². The lowest BCUT2D eigenvalue weighted by molar-refractivity contribution is -0.138. The number of aryl methyl sites for hydroxylation is 2. The van der Waals surface area contributed by atoms with Crippen molar-refractivity contribution in [2.24, 2.45) is 0 Å². The van der Waals surface area contributed by atoms with Crippen molar-refractivity contribution in [1.82, 2.24) is 9.97 Å². The van der Waals surface area contributed by atoms with Gasteiger partial charge in [0.05, 0.1) is 21.8 Å². The minimum atomic E-state index is -4.57. The molecule has 0 saturated heterocycles. The van der Waals surface area contributed by atoms with Gasteiger partial charge in [0.1, 0.15) is 11.1 Å². The molecule has 2 aromatic heterocycles. The molecule has 0 saturated carbocycles. The average Bonchev–Trinajstić information content (AvgIpc) is 2.91. The molecule has 0 bridgehead atoms. The second-order valence-electron chi connectivity index (χ2n) is 4.87. The summed E-state index contributed by atoms with van der Waals surface area (Å²) in [7, 11) is 0. The number of thioether (sulfide) groups is 1. The Bertz CT molecular complexity index is 733. The van der Waals surface area contributed by atoms with Crippen LogP contribution in [0.25, 0.3) is 0 Å². The molecule has 0 radical (unpaired) electrons. The van der Waals surface area contributed by atoms with Crippen LogP contribution in [0.1, 0.15) is 40.9 Å². The summed E-state index contributed by atoms with van der Waals surface area (Å²) in [4.78, 5) is 8.52. The van der Waals surface area contributed by atoms with Gasteiger partial charge >= 0.3 is 6.18 Å². The highest BCUT2D eigenvalue weighted by atomic mass is 32.2. The number of nitrogens with zero attached hydrogens (tertiary/aromatic N) is 3. The third kappa shape index (κ3) is 4.45. The Balaban J connectivity index is 2.25. The summed E-state index contributed by atoms with van der Waals surface area (Å²) < 4.78 is 39.1. The van der Waals surface area contributed by atoms with Crippen molar-refractivity contribution in [3.63, 3.8) is 0 Å².